The second-order valence-electron chi connectivity index (χ2n) is 6.03. The topological polar surface area (TPSA) is 95.0 Å². The molecular formula is C18H19N5O3. The maximum absolute atomic E-state index is 12.2. The minimum Gasteiger partial charge on any atom is -0.358 e. The molecule has 0 aliphatic heterocycles. The molecule has 2 heterocycles. The molecule has 1 unspecified atom stereocenters. The quantitative estimate of drug-likeness (QED) is 0.544. The monoisotopic (exact) mass is 353 g/mol. The molecule has 2 aromatic heterocycles. The van der Waals surface area contributed by atoms with Gasteiger partial charge in [-0.25, -0.2) is 0 Å². The summed E-state index contributed by atoms with van der Waals surface area (Å²) in [4.78, 5) is 22.4. The van der Waals surface area contributed by atoms with E-state index in [-0.39, 0.29) is 24.3 Å². The van der Waals surface area contributed by atoms with Crippen LogP contribution in [0.1, 0.15) is 24.2 Å². The second-order valence-corrected chi connectivity index (χ2v) is 6.03. The van der Waals surface area contributed by atoms with Crippen molar-refractivity contribution in [3.63, 3.8) is 0 Å². The highest BCUT2D eigenvalue weighted by Crippen LogP contribution is 2.16. The van der Waals surface area contributed by atoms with Gasteiger partial charge in [0, 0.05) is 18.1 Å². The van der Waals surface area contributed by atoms with Gasteiger partial charge in [0.05, 0.1) is 22.9 Å². The van der Waals surface area contributed by atoms with Crippen LogP contribution in [0.3, 0.4) is 0 Å². The van der Waals surface area contributed by atoms with E-state index in [4.69, 9.17) is 0 Å². The van der Waals surface area contributed by atoms with Gasteiger partial charge in [-0.1, -0.05) is 12.1 Å². The van der Waals surface area contributed by atoms with Gasteiger partial charge in [0.25, 0.3) is 0 Å². The molecule has 0 fully saturated rings. The molecular weight excluding hydrogens is 334 g/mol. The fourth-order valence-corrected chi connectivity index (χ4v) is 2.69. The zero-order chi connectivity index (χ0) is 18.7. The Hall–Kier alpha value is -3.42. The van der Waals surface area contributed by atoms with Crippen molar-refractivity contribution >= 4 is 11.7 Å². The van der Waals surface area contributed by atoms with Gasteiger partial charge in [-0.05, 0) is 48.6 Å². The van der Waals surface area contributed by atoms with Crippen molar-refractivity contribution < 1.29 is 9.72 Å². The minimum atomic E-state index is -0.573. The lowest BCUT2D eigenvalue weighted by Gasteiger charge is -2.15. The first-order valence-electron chi connectivity index (χ1n) is 8.15. The third-order valence-electron chi connectivity index (χ3n) is 4.12. The molecule has 1 aromatic carbocycles. The first-order chi connectivity index (χ1) is 12.4. The average molecular weight is 353 g/mol. The van der Waals surface area contributed by atoms with Crippen molar-refractivity contribution in [1.29, 1.82) is 0 Å². The summed E-state index contributed by atoms with van der Waals surface area (Å²) in [6.45, 7) is 3.50. The standard InChI is InChI=1S/C18H19N5O3/c1-13-11-17(23(25)26)20-22(13)12-18(24)19-14(2)15-5-7-16(8-6-15)21-9-3-4-10-21/h3-11,14H,12H2,1-2H3,(H,19,24). The Morgan fingerprint density at radius 3 is 2.50 bits per heavy atom. The molecule has 8 nitrogen and oxygen atoms in total. The maximum Gasteiger partial charge on any atom is 0.390 e. The van der Waals surface area contributed by atoms with E-state index >= 15 is 0 Å². The van der Waals surface area contributed by atoms with Crippen molar-refractivity contribution in [1.82, 2.24) is 19.7 Å². The number of benzene rings is 1. The molecule has 0 saturated carbocycles. The SMILES string of the molecule is Cc1cc([N+](=O)[O-])nn1CC(=O)NC(C)c1ccc(-n2cccc2)cc1. The molecule has 0 spiro atoms. The van der Waals surface area contributed by atoms with Crippen LogP contribution in [0.15, 0.2) is 54.9 Å². The van der Waals surface area contributed by atoms with E-state index in [9.17, 15) is 14.9 Å². The van der Waals surface area contributed by atoms with Crippen molar-refractivity contribution in [2.24, 2.45) is 0 Å². The zero-order valence-corrected chi connectivity index (χ0v) is 14.5. The maximum atomic E-state index is 12.2. The number of amides is 1. The van der Waals surface area contributed by atoms with Crippen LogP contribution in [0.2, 0.25) is 0 Å². The number of nitrogens with zero attached hydrogens (tertiary/aromatic N) is 4. The van der Waals surface area contributed by atoms with Gasteiger partial charge in [-0.2, -0.15) is 4.68 Å². The average Bonchev–Trinajstić information content (AvgIpc) is 3.25. The van der Waals surface area contributed by atoms with E-state index < -0.39 is 4.92 Å². The molecule has 1 atom stereocenters. The second kappa shape index (κ2) is 7.22. The molecule has 0 aliphatic rings. The van der Waals surface area contributed by atoms with E-state index in [0.717, 1.165) is 11.3 Å². The third kappa shape index (κ3) is 3.80. The van der Waals surface area contributed by atoms with E-state index in [1.165, 1.54) is 10.7 Å². The highest BCUT2D eigenvalue weighted by molar-refractivity contribution is 5.76. The van der Waals surface area contributed by atoms with E-state index in [1.807, 2.05) is 60.3 Å². The Kier molecular flexibility index (Phi) is 4.83. The fourth-order valence-electron chi connectivity index (χ4n) is 2.69. The Balaban J connectivity index is 1.63. The minimum absolute atomic E-state index is 0.0640. The summed E-state index contributed by atoms with van der Waals surface area (Å²) < 4.78 is 3.33. The summed E-state index contributed by atoms with van der Waals surface area (Å²) in [5, 5.41) is 17.5. The molecule has 1 N–H and O–H groups in total. The van der Waals surface area contributed by atoms with Gasteiger partial charge in [-0.15, -0.1) is 0 Å². The number of carbonyl (C=O) groups is 1. The molecule has 0 saturated heterocycles. The van der Waals surface area contributed by atoms with Crippen molar-refractivity contribution in [2.75, 3.05) is 0 Å². The van der Waals surface area contributed by atoms with Crippen molar-refractivity contribution in [2.45, 2.75) is 26.4 Å². The number of nitro groups is 1. The number of rotatable bonds is 6. The molecule has 8 heteroatoms. The van der Waals surface area contributed by atoms with Crippen molar-refractivity contribution in [3.05, 3.63) is 76.2 Å². The molecule has 3 aromatic rings. The van der Waals surface area contributed by atoms with E-state index in [1.54, 1.807) is 6.92 Å². The fraction of sp³-hybridized carbons (Fsp3) is 0.222. The summed E-state index contributed by atoms with van der Waals surface area (Å²) in [6, 6.07) is 13.0. The first kappa shape index (κ1) is 17.4. The Labute approximate surface area is 150 Å². The summed E-state index contributed by atoms with van der Waals surface area (Å²) >= 11 is 0. The zero-order valence-electron chi connectivity index (χ0n) is 14.5. The molecule has 0 bridgehead atoms. The van der Waals surface area contributed by atoms with Gasteiger partial charge >= 0.3 is 5.82 Å². The summed E-state index contributed by atoms with van der Waals surface area (Å²) in [5.74, 6) is -0.517. The lowest BCUT2D eigenvalue weighted by Crippen LogP contribution is -2.30. The lowest BCUT2D eigenvalue weighted by molar-refractivity contribution is -0.389. The van der Waals surface area contributed by atoms with Crippen molar-refractivity contribution in [3.8, 4) is 5.69 Å². The van der Waals surface area contributed by atoms with Gasteiger partial charge in [0.2, 0.25) is 5.91 Å². The molecule has 26 heavy (non-hydrogen) atoms. The van der Waals surface area contributed by atoms with Crippen LogP contribution < -0.4 is 5.32 Å². The summed E-state index contributed by atoms with van der Waals surface area (Å²) in [5.41, 5.74) is 2.57. The molecule has 3 rings (SSSR count). The third-order valence-corrected chi connectivity index (χ3v) is 4.12. The largest absolute Gasteiger partial charge is 0.390 e. The van der Waals surface area contributed by atoms with Gasteiger partial charge in [0.1, 0.15) is 6.54 Å². The lowest BCUT2D eigenvalue weighted by atomic mass is 10.1. The van der Waals surface area contributed by atoms with Crippen LogP contribution in [0.25, 0.3) is 5.69 Å². The number of hydrogen-bond donors (Lipinski definition) is 1. The number of aromatic nitrogens is 3. The predicted molar refractivity (Wildman–Crippen MR) is 95.9 cm³/mol. The summed E-state index contributed by atoms with van der Waals surface area (Å²) in [7, 11) is 0. The Bertz CT molecular complexity index is 913. The number of hydrogen-bond acceptors (Lipinski definition) is 4. The van der Waals surface area contributed by atoms with Crippen LogP contribution >= 0.6 is 0 Å². The van der Waals surface area contributed by atoms with Gasteiger partial charge < -0.3 is 20.0 Å². The molecule has 1 amide bonds. The first-order valence-corrected chi connectivity index (χ1v) is 8.15. The Morgan fingerprint density at radius 1 is 1.27 bits per heavy atom. The predicted octanol–water partition coefficient (Wildman–Crippen LogP) is 2.77. The van der Waals surface area contributed by atoms with Crippen LogP contribution in [-0.4, -0.2) is 25.2 Å². The molecule has 134 valence electrons. The molecule has 0 radical (unpaired) electrons. The number of nitrogens with one attached hydrogen (secondary N) is 1. The highest BCUT2D eigenvalue weighted by atomic mass is 16.6. The smallest absolute Gasteiger partial charge is 0.358 e. The summed E-state index contributed by atoms with van der Waals surface area (Å²) in [6.07, 6.45) is 3.93. The van der Waals surface area contributed by atoms with Crippen LogP contribution in [0.4, 0.5) is 5.82 Å². The number of carbonyl (C=O) groups excluding carboxylic acids is 1. The molecule has 0 aliphatic carbocycles. The number of aryl methyl sites for hydroxylation is 1. The van der Waals surface area contributed by atoms with Gasteiger partial charge in [-0.3, -0.25) is 4.79 Å². The van der Waals surface area contributed by atoms with E-state index in [0.29, 0.717) is 5.69 Å². The Morgan fingerprint density at radius 2 is 1.92 bits per heavy atom. The van der Waals surface area contributed by atoms with Gasteiger partial charge in [0.15, 0.2) is 0 Å². The van der Waals surface area contributed by atoms with Crippen LogP contribution in [0.5, 0.6) is 0 Å². The van der Waals surface area contributed by atoms with E-state index in [2.05, 4.69) is 10.4 Å². The van der Waals surface area contributed by atoms with Crippen LogP contribution in [-0.2, 0) is 11.3 Å². The highest BCUT2D eigenvalue weighted by Gasteiger charge is 2.18. The normalized spacial score (nSPS) is 11.9. The van der Waals surface area contributed by atoms with Crippen LogP contribution in [0, 0.1) is 17.0 Å².